The number of nitrogens with zero attached hydrogens (tertiary/aromatic N) is 3. The van der Waals surface area contributed by atoms with Crippen LogP contribution in [0.2, 0.25) is 5.02 Å². The zero-order chi connectivity index (χ0) is 26.3. The van der Waals surface area contributed by atoms with Crippen molar-refractivity contribution in [2.75, 3.05) is 26.2 Å². The van der Waals surface area contributed by atoms with Crippen LogP contribution in [-0.4, -0.2) is 81.2 Å². The van der Waals surface area contributed by atoms with Crippen molar-refractivity contribution < 1.29 is 23.6 Å². The maximum Gasteiger partial charge on any atom is 0.330 e. The highest BCUT2D eigenvalue weighted by atomic mass is 35.5. The van der Waals surface area contributed by atoms with Gasteiger partial charge in [0.1, 0.15) is 41.1 Å². The number of nitrogens with one attached hydrogen (secondary N) is 1. The number of esters is 1. The number of aromatic nitrogens is 1. The highest BCUT2D eigenvalue weighted by Gasteiger charge is 2.64. The maximum absolute atomic E-state index is 13.3. The van der Waals surface area contributed by atoms with Crippen LogP contribution in [0, 0.1) is 6.92 Å². The number of benzene rings is 1. The quantitative estimate of drug-likeness (QED) is 0.415. The molecule has 3 saturated heterocycles. The van der Waals surface area contributed by atoms with E-state index in [1.54, 1.807) is 36.1 Å². The molecule has 1 aromatic heterocycles. The van der Waals surface area contributed by atoms with Crippen LogP contribution < -0.4 is 5.32 Å². The Kier molecular flexibility index (Phi) is 7.26. The molecule has 3 fully saturated rings. The summed E-state index contributed by atoms with van der Waals surface area (Å²) in [5.74, 6) is -0.850. The highest BCUT2D eigenvalue weighted by Crippen LogP contribution is 2.51. The fraction of sp³-hybridized carbons (Fsp3) is 0.538. The number of amides is 2. The number of β-lactam (4-membered cyclic amide) rings is 1. The molecule has 2 aromatic rings. The molecule has 0 bridgehead atoms. The lowest BCUT2D eigenvalue weighted by molar-refractivity contribution is -0.163. The van der Waals surface area contributed by atoms with Crippen LogP contribution in [0.5, 0.6) is 0 Å². The molecule has 1 N–H and O–H groups in total. The largest absolute Gasteiger partial charge is 0.463 e. The molecule has 9 nitrogen and oxygen atoms in total. The Hall–Kier alpha value is -2.56. The summed E-state index contributed by atoms with van der Waals surface area (Å²) in [5.41, 5.74) is 1.12. The van der Waals surface area contributed by atoms with Crippen molar-refractivity contribution in [2.24, 2.45) is 0 Å². The number of ether oxygens (including phenoxy) is 1. The van der Waals surface area contributed by atoms with Gasteiger partial charge in [0.25, 0.3) is 5.91 Å². The van der Waals surface area contributed by atoms with Gasteiger partial charge in [0, 0.05) is 16.9 Å². The summed E-state index contributed by atoms with van der Waals surface area (Å²) >= 11 is 7.81. The molecule has 3 aliphatic heterocycles. The average Bonchev–Trinajstić information content (AvgIpc) is 3.38. The van der Waals surface area contributed by atoms with E-state index in [9.17, 15) is 14.4 Å². The van der Waals surface area contributed by atoms with Crippen molar-refractivity contribution in [1.29, 1.82) is 0 Å². The van der Waals surface area contributed by atoms with Gasteiger partial charge in [-0.3, -0.25) is 14.5 Å². The molecule has 3 atom stereocenters. The van der Waals surface area contributed by atoms with Crippen LogP contribution in [0.3, 0.4) is 0 Å². The molecule has 0 radical (unpaired) electrons. The first-order chi connectivity index (χ1) is 17.7. The average molecular weight is 547 g/mol. The van der Waals surface area contributed by atoms with Crippen molar-refractivity contribution in [2.45, 2.75) is 62.2 Å². The van der Waals surface area contributed by atoms with Crippen LogP contribution in [0.15, 0.2) is 28.8 Å². The summed E-state index contributed by atoms with van der Waals surface area (Å²) in [6.45, 7) is 8.56. The Morgan fingerprint density at radius 3 is 2.70 bits per heavy atom. The van der Waals surface area contributed by atoms with Crippen LogP contribution in [0.4, 0.5) is 0 Å². The summed E-state index contributed by atoms with van der Waals surface area (Å²) in [5, 5.41) is 6.95. The number of hydrogen-bond acceptors (Lipinski definition) is 8. The van der Waals surface area contributed by atoms with Crippen molar-refractivity contribution in [3.8, 4) is 11.3 Å². The Morgan fingerprint density at radius 2 is 1.97 bits per heavy atom. The van der Waals surface area contributed by atoms with Gasteiger partial charge in [0.2, 0.25) is 5.91 Å². The van der Waals surface area contributed by atoms with Gasteiger partial charge in [-0.1, -0.05) is 41.4 Å². The number of thioether (sulfide) groups is 1. The van der Waals surface area contributed by atoms with E-state index in [4.69, 9.17) is 20.9 Å². The second-order valence-corrected chi connectivity index (χ2v) is 12.4. The van der Waals surface area contributed by atoms with Gasteiger partial charge in [-0.15, -0.1) is 11.8 Å². The number of hydrogen-bond donors (Lipinski definition) is 1. The smallest absolute Gasteiger partial charge is 0.330 e. The minimum absolute atomic E-state index is 0.232. The van der Waals surface area contributed by atoms with E-state index >= 15 is 0 Å². The van der Waals surface area contributed by atoms with E-state index in [0.29, 0.717) is 35.2 Å². The predicted molar refractivity (Wildman–Crippen MR) is 140 cm³/mol. The Balaban J connectivity index is 1.25. The Bertz CT molecular complexity index is 1210. The molecule has 0 aliphatic carbocycles. The second kappa shape index (κ2) is 10.3. The van der Waals surface area contributed by atoms with E-state index in [-0.39, 0.29) is 16.8 Å². The lowest BCUT2D eigenvalue weighted by Gasteiger charge is -2.44. The van der Waals surface area contributed by atoms with Gasteiger partial charge in [-0.25, -0.2) is 4.79 Å². The van der Waals surface area contributed by atoms with Crippen molar-refractivity contribution >= 4 is 41.1 Å². The van der Waals surface area contributed by atoms with E-state index < -0.39 is 28.7 Å². The first kappa shape index (κ1) is 26.1. The van der Waals surface area contributed by atoms with Gasteiger partial charge >= 0.3 is 5.97 Å². The second-order valence-electron chi connectivity index (χ2n) is 10.2. The standard InChI is InChI=1S/C26H31ClN4O5S/c1-15-18(19(29-36-15)16-9-5-6-10-17(16)27)22(32)28-20-23(33)31-21(26(2,3)37-24(20)31)25(34)35-14-13-30-11-7-4-8-12-30/h5-6,9-10,20-21,24H,4,7-8,11-14H2,1-3H3,(H,28,32)/t20-,21+,24-/m1/s1. The van der Waals surface area contributed by atoms with Crippen LogP contribution in [-0.2, 0) is 14.3 Å². The third-order valence-corrected chi connectivity index (χ3v) is 9.17. The highest BCUT2D eigenvalue weighted by molar-refractivity contribution is 8.01. The third kappa shape index (κ3) is 4.86. The number of aryl methyl sites for hydroxylation is 1. The van der Waals surface area contributed by atoms with E-state index in [1.807, 2.05) is 13.8 Å². The molecule has 11 heteroatoms. The molecular weight excluding hydrogens is 516 g/mol. The fourth-order valence-corrected chi connectivity index (χ4v) is 7.20. The zero-order valence-electron chi connectivity index (χ0n) is 21.2. The molecule has 4 heterocycles. The van der Waals surface area contributed by atoms with Crippen molar-refractivity contribution in [1.82, 2.24) is 20.3 Å². The lowest BCUT2D eigenvalue weighted by atomic mass is 9.95. The molecule has 198 valence electrons. The number of rotatable bonds is 7. The number of carbonyl (C=O) groups excluding carboxylic acids is 3. The summed E-state index contributed by atoms with van der Waals surface area (Å²) in [6.07, 6.45) is 3.59. The van der Waals surface area contributed by atoms with E-state index in [0.717, 1.165) is 13.1 Å². The summed E-state index contributed by atoms with van der Waals surface area (Å²) in [6, 6.07) is 5.57. The van der Waals surface area contributed by atoms with Gasteiger partial charge in [-0.05, 0) is 52.8 Å². The normalized spacial score (nSPS) is 24.9. The Labute approximate surface area is 225 Å². The number of piperidine rings is 1. The minimum atomic E-state index is -0.767. The maximum atomic E-state index is 13.3. The van der Waals surface area contributed by atoms with E-state index in [2.05, 4.69) is 15.4 Å². The number of halogens is 1. The molecule has 0 saturated carbocycles. The van der Waals surface area contributed by atoms with Gasteiger partial charge < -0.3 is 19.5 Å². The molecule has 5 rings (SSSR count). The minimum Gasteiger partial charge on any atom is -0.463 e. The number of fused-ring (bicyclic) bond motifs is 1. The van der Waals surface area contributed by atoms with Crippen LogP contribution in [0.1, 0.15) is 49.2 Å². The molecular formula is C26H31ClN4O5S. The summed E-state index contributed by atoms with van der Waals surface area (Å²) < 4.78 is 10.4. The zero-order valence-corrected chi connectivity index (χ0v) is 22.7. The van der Waals surface area contributed by atoms with Gasteiger partial charge in [0.05, 0.1) is 5.02 Å². The first-order valence-corrected chi connectivity index (χ1v) is 13.9. The Morgan fingerprint density at radius 1 is 1.24 bits per heavy atom. The fourth-order valence-electron chi connectivity index (χ4n) is 5.35. The number of likely N-dealkylation sites (tertiary alicyclic amines) is 1. The summed E-state index contributed by atoms with van der Waals surface area (Å²) in [4.78, 5) is 43.4. The van der Waals surface area contributed by atoms with Gasteiger partial charge in [0.15, 0.2) is 0 Å². The molecule has 0 unspecified atom stereocenters. The first-order valence-electron chi connectivity index (χ1n) is 12.6. The van der Waals surface area contributed by atoms with Crippen molar-refractivity contribution in [3.63, 3.8) is 0 Å². The number of carbonyl (C=O) groups is 3. The monoisotopic (exact) mass is 546 g/mol. The topological polar surface area (TPSA) is 105 Å². The van der Waals surface area contributed by atoms with Crippen LogP contribution >= 0.6 is 23.4 Å². The van der Waals surface area contributed by atoms with Crippen LogP contribution in [0.25, 0.3) is 11.3 Å². The molecule has 1 aromatic carbocycles. The third-order valence-electron chi connectivity index (χ3n) is 7.27. The van der Waals surface area contributed by atoms with Gasteiger partial charge in [-0.2, -0.15) is 0 Å². The van der Waals surface area contributed by atoms with Crippen molar-refractivity contribution in [3.05, 3.63) is 40.6 Å². The summed E-state index contributed by atoms with van der Waals surface area (Å²) in [7, 11) is 0. The predicted octanol–water partition coefficient (Wildman–Crippen LogP) is 3.49. The molecule has 3 aliphatic rings. The van der Waals surface area contributed by atoms with E-state index in [1.165, 1.54) is 31.0 Å². The lowest BCUT2D eigenvalue weighted by Crippen LogP contribution is -2.70. The molecule has 37 heavy (non-hydrogen) atoms. The molecule has 0 spiro atoms. The SMILES string of the molecule is Cc1onc(-c2ccccc2Cl)c1C(=O)N[C@@H]1C(=O)N2[C@@H]1SC(C)(C)[C@@H]2C(=O)OCCN1CCCCC1. The molecule has 2 amide bonds.